The maximum atomic E-state index is 12.1. The summed E-state index contributed by atoms with van der Waals surface area (Å²) in [7, 11) is 0. The van der Waals surface area contributed by atoms with Gasteiger partial charge in [-0.2, -0.15) is 0 Å². The van der Waals surface area contributed by atoms with Crippen molar-refractivity contribution in [3.8, 4) is 5.75 Å². The molecule has 7 heteroatoms. The summed E-state index contributed by atoms with van der Waals surface area (Å²) < 4.78 is 41.2. The van der Waals surface area contributed by atoms with E-state index in [2.05, 4.69) is 20.7 Å². The van der Waals surface area contributed by atoms with Crippen LogP contribution in [-0.2, 0) is 0 Å². The lowest BCUT2D eigenvalue weighted by Gasteiger charge is -2.13. The maximum absolute atomic E-state index is 12.1. The number of halogens is 4. The molecular formula is C12H9BrF3NOS. The van der Waals surface area contributed by atoms with Crippen molar-refractivity contribution in [3.63, 3.8) is 0 Å². The molecule has 0 aliphatic rings. The van der Waals surface area contributed by atoms with Gasteiger partial charge in [0.25, 0.3) is 0 Å². The standard InChI is InChI=1S/C12H9BrF3NOS/c13-8-5-10(19-6-8)11(17)7-2-1-3-9(4-7)18-12(14,15)16/h1-6,11H,17H2. The first-order valence-corrected chi connectivity index (χ1v) is 6.87. The largest absolute Gasteiger partial charge is 0.573 e. The van der Waals surface area contributed by atoms with Crippen LogP contribution in [0.15, 0.2) is 40.2 Å². The van der Waals surface area contributed by atoms with E-state index in [0.29, 0.717) is 5.56 Å². The molecule has 2 aromatic rings. The Morgan fingerprint density at radius 2 is 2.00 bits per heavy atom. The zero-order valence-corrected chi connectivity index (χ0v) is 11.8. The second kappa shape index (κ2) is 5.52. The van der Waals surface area contributed by atoms with Crippen molar-refractivity contribution in [3.05, 3.63) is 50.6 Å². The number of benzene rings is 1. The van der Waals surface area contributed by atoms with Crippen LogP contribution in [0.4, 0.5) is 13.2 Å². The number of thiophene rings is 1. The van der Waals surface area contributed by atoms with E-state index in [1.54, 1.807) is 6.07 Å². The molecule has 0 radical (unpaired) electrons. The Morgan fingerprint density at radius 3 is 2.58 bits per heavy atom. The van der Waals surface area contributed by atoms with Gasteiger partial charge < -0.3 is 10.5 Å². The molecule has 19 heavy (non-hydrogen) atoms. The zero-order chi connectivity index (χ0) is 14.0. The van der Waals surface area contributed by atoms with Gasteiger partial charge in [-0.05, 0) is 39.7 Å². The molecule has 0 amide bonds. The van der Waals surface area contributed by atoms with Crippen LogP contribution in [0, 0.1) is 0 Å². The highest BCUT2D eigenvalue weighted by molar-refractivity contribution is 9.10. The predicted molar refractivity (Wildman–Crippen MR) is 71.2 cm³/mol. The van der Waals surface area contributed by atoms with E-state index in [-0.39, 0.29) is 5.75 Å². The first kappa shape index (κ1) is 14.4. The van der Waals surface area contributed by atoms with Gasteiger partial charge in [0, 0.05) is 14.7 Å². The molecule has 0 spiro atoms. The molecule has 1 aromatic carbocycles. The molecule has 0 aliphatic heterocycles. The summed E-state index contributed by atoms with van der Waals surface area (Å²) in [6.07, 6.45) is -4.70. The summed E-state index contributed by atoms with van der Waals surface area (Å²) in [5.41, 5.74) is 6.58. The van der Waals surface area contributed by atoms with Crippen LogP contribution in [0.25, 0.3) is 0 Å². The predicted octanol–water partition coefficient (Wildman–Crippen LogP) is 4.46. The maximum Gasteiger partial charge on any atom is 0.573 e. The van der Waals surface area contributed by atoms with Gasteiger partial charge in [0.1, 0.15) is 5.75 Å². The molecule has 2 nitrogen and oxygen atoms in total. The second-order valence-corrected chi connectivity index (χ2v) is 5.62. The number of alkyl halides is 3. The lowest BCUT2D eigenvalue weighted by atomic mass is 10.1. The van der Waals surface area contributed by atoms with Crippen molar-refractivity contribution < 1.29 is 17.9 Å². The minimum absolute atomic E-state index is 0.268. The van der Waals surface area contributed by atoms with Crippen molar-refractivity contribution in [2.75, 3.05) is 0 Å². The third-order valence-electron chi connectivity index (χ3n) is 2.35. The Bertz CT molecular complexity index is 570. The smallest absolute Gasteiger partial charge is 0.406 e. The summed E-state index contributed by atoms with van der Waals surface area (Å²) in [6, 6.07) is 7.06. The van der Waals surface area contributed by atoms with Crippen LogP contribution >= 0.6 is 27.3 Å². The summed E-state index contributed by atoms with van der Waals surface area (Å²) in [5.74, 6) is -0.268. The summed E-state index contributed by atoms with van der Waals surface area (Å²) in [5, 5.41) is 1.87. The fourth-order valence-electron chi connectivity index (χ4n) is 1.56. The lowest BCUT2D eigenvalue weighted by molar-refractivity contribution is -0.274. The average molecular weight is 352 g/mol. The number of hydrogen-bond acceptors (Lipinski definition) is 3. The molecule has 0 saturated carbocycles. The molecule has 0 fully saturated rings. The quantitative estimate of drug-likeness (QED) is 0.885. The molecule has 1 heterocycles. The highest BCUT2D eigenvalue weighted by Gasteiger charge is 2.31. The number of nitrogens with two attached hydrogens (primary N) is 1. The van der Waals surface area contributed by atoms with Gasteiger partial charge in [-0.1, -0.05) is 12.1 Å². The van der Waals surface area contributed by atoms with Crippen molar-refractivity contribution in [1.82, 2.24) is 0 Å². The van der Waals surface area contributed by atoms with Crippen molar-refractivity contribution >= 4 is 27.3 Å². The van der Waals surface area contributed by atoms with E-state index < -0.39 is 12.4 Å². The molecule has 2 rings (SSSR count). The topological polar surface area (TPSA) is 35.2 Å². The van der Waals surface area contributed by atoms with Crippen molar-refractivity contribution in [2.45, 2.75) is 12.4 Å². The van der Waals surface area contributed by atoms with E-state index in [1.165, 1.54) is 29.5 Å². The Labute approximate surface area is 120 Å². The molecule has 1 atom stereocenters. The summed E-state index contributed by atoms with van der Waals surface area (Å²) in [4.78, 5) is 0.857. The van der Waals surface area contributed by atoms with Crippen LogP contribution in [0.1, 0.15) is 16.5 Å². The van der Waals surface area contributed by atoms with Crippen LogP contribution < -0.4 is 10.5 Å². The minimum atomic E-state index is -4.70. The monoisotopic (exact) mass is 351 g/mol. The highest BCUT2D eigenvalue weighted by Crippen LogP contribution is 2.31. The Hall–Kier alpha value is -1.05. The van der Waals surface area contributed by atoms with Crippen LogP contribution in [-0.4, -0.2) is 6.36 Å². The van der Waals surface area contributed by atoms with E-state index >= 15 is 0 Å². The van der Waals surface area contributed by atoms with Crippen molar-refractivity contribution in [2.24, 2.45) is 5.73 Å². The van der Waals surface area contributed by atoms with E-state index in [1.807, 2.05) is 11.4 Å². The molecule has 1 unspecified atom stereocenters. The number of ether oxygens (including phenoxy) is 1. The highest BCUT2D eigenvalue weighted by atomic mass is 79.9. The molecule has 2 N–H and O–H groups in total. The third-order valence-corrected chi connectivity index (χ3v) is 4.12. The van der Waals surface area contributed by atoms with Gasteiger partial charge in [0.05, 0.1) is 6.04 Å². The fraction of sp³-hybridized carbons (Fsp3) is 0.167. The Kier molecular flexibility index (Phi) is 4.17. The minimum Gasteiger partial charge on any atom is -0.406 e. The van der Waals surface area contributed by atoms with Gasteiger partial charge in [0.2, 0.25) is 0 Å². The zero-order valence-electron chi connectivity index (χ0n) is 9.45. The van der Waals surface area contributed by atoms with Gasteiger partial charge in [-0.15, -0.1) is 24.5 Å². The van der Waals surface area contributed by atoms with E-state index in [0.717, 1.165) is 9.35 Å². The Morgan fingerprint density at radius 1 is 1.26 bits per heavy atom. The molecule has 0 bridgehead atoms. The van der Waals surface area contributed by atoms with Crippen LogP contribution in [0.3, 0.4) is 0 Å². The van der Waals surface area contributed by atoms with E-state index in [4.69, 9.17) is 5.73 Å². The first-order chi connectivity index (χ1) is 8.85. The van der Waals surface area contributed by atoms with Crippen molar-refractivity contribution in [1.29, 1.82) is 0 Å². The lowest BCUT2D eigenvalue weighted by Crippen LogP contribution is -2.17. The molecular weight excluding hydrogens is 343 g/mol. The first-order valence-electron chi connectivity index (χ1n) is 5.20. The fourth-order valence-corrected chi connectivity index (χ4v) is 3.03. The van der Waals surface area contributed by atoms with Gasteiger partial charge >= 0.3 is 6.36 Å². The second-order valence-electron chi connectivity index (χ2n) is 3.77. The number of hydrogen-bond donors (Lipinski definition) is 1. The normalized spacial score (nSPS) is 13.3. The summed E-state index contributed by atoms with van der Waals surface area (Å²) >= 11 is 4.75. The molecule has 0 aliphatic carbocycles. The Balaban J connectivity index is 2.23. The number of rotatable bonds is 3. The van der Waals surface area contributed by atoms with Crippen LogP contribution in [0.2, 0.25) is 0 Å². The van der Waals surface area contributed by atoms with Crippen LogP contribution in [0.5, 0.6) is 5.75 Å². The third kappa shape index (κ3) is 3.95. The summed E-state index contributed by atoms with van der Waals surface area (Å²) in [6.45, 7) is 0. The average Bonchev–Trinajstić information content (AvgIpc) is 2.73. The van der Waals surface area contributed by atoms with Gasteiger partial charge in [0.15, 0.2) is 0 Å². The molecule has 0 saturated heterocycles. The molecule has 1 aromatic heterocycles. The molecule has 102 valence electrons. The van der Waals surface area contributed by atoms with Gasteiger partial charge in [-0.25, -0.2) is 0 Å². The SMILES string of the molecule is NC(c1cccc(OC(F)(F)F)c1)c1cc(Br)cs1. The van der Waals surface area contributed by atoms with E-state index in [9.17, 15) is 13.2 Å². The van der Waals surface area contributed by atoms with Gasteiger partial charge in [-0.3, -0.25) is 0 Å².